The van der Waals surface area contributed by atoms with Crippen LogP contribution in [0.3, 0.4) is 0 Å². The van der Waals surface area contributed by atoms with Gasteiger partial charge in [-0.1, -0.05) is 6.07 Å². The molecule has 10 heteroatoms. The number of carboxylic acids is 1. The van der Waals surface area contributed by atoms with Crippen molar-refractivity contribution in [3.8, 4) is 5.69 Å². The monoisotopic (exact) mass is 517 g/mol. The molecule has 0 spiro atoms. The van der Waals surface area contributed by atoms with Gasteiger partial charge in [0.25, 0.3) is 11.8 Å². The maximum atomic E-state index is 13.4. The van der Waals surface area contributed by atoms with Crippen LogP contribution in [0.2, 0.25) is 0 Å². The largest absolute Gasteiger partial charge is 0.478 e. The predicted molar refractivity (Wildman–Crippen MR) is 141 cm³/mol. The number of nitrogens with zero attached hydrogens (tertiary/aromatic N) is 2. The molecule has 0 saturated carbocycles. The van der Waals surface area contributed by atoms with Gasteiger partial charge in [-0.25, -0.2) is 9.59 Å². The van der Waals surface area contributed by atoms with Gasteiger partial charge in [0.15, 0.2) is 5.11 Å². The number of amides is 2. The number of methoxy groups -OCH3 is 1. The molecule has 1 saturated heterocycles. The molecule has 0 bridgehead atoms. The van der Waals surface area contributed by atoms with Crippen molar-refractivity contribution in [1.82, 2.24) is 9.88 Å². The Kier molecular flexibility index (Phi) is 6.78. The Bertz CT molecular complexity index is 1520. The molecule has 9 nitrogen and oxygen atoms in total. The summed E-state index contributed by atoms with van der Waals surface area (Å²) in [7, 11) is 1.33. The fourth-order valence-electron chi connectivity index (χ4n) is 4.30. The third-order valence-electron chi connectivity index (χ3n) is 6.20. The Labute approximate surface area is 218 Å². The molecule has 1 aromatic heterocycles. The first-order valence-electron chi connectivity index (χ1n) is 11.2. The molecule has 3 aromatic rings. The highest BCUT2D eigenvalue weighted by Gasteiger charge is 2.35. The van der Waals surface area contributed by atoms with Gasteiger partial charge in [0.1, 0.15) is 5.57 Å². The minimum Gasteiger partial charge on any atom is -0.478 e. The topological polar surface area (TPSA) is 118 Å². The van der Waals surface area contributed by atoms with Crippen LogP contribution in [-0.2, 0) is 14.3 Å². The second-order valence-electron chi connectivity index (χ2n) is 8.41. The van der Waals surface area contributed by atoms with Crippen LogP contribution in [-0.4, -0.2) is 45.6 Å². The van der Waals surface area contributed by atoms with Gasteiger partial charge in [0.2, 0.25) is 0 Å². The van der Waals surface area contributed by atoms with Crippen LogP contribution in [0, 0.1) is 20.8 Å². The number of carbonyl (C=O) groups excluding carboxylic acids is 3. The number of benzene rings is 2. The zero-order chi connectivity index (χ0) is 27.0. The Morgan fingerprint density at radius 1 is 1.05 bits per heavy atom. The van der Waals surface area contributed by atoms with Gasteiger partial charge in [0, 0.05) is 17.1 Å². The number of nitrogens with one attached hydrogen (secondary N) is 1. The van der Waals surface area contributed by atoms with E-state index in [1.807, 2.05) is 37.5 Å². The van der Waals surface area contributed by atoms with Crippen molar-refractivity contribution in [2.75, 3.05) is 12.0 Å². The molecule has 4 rings (SSSR count). The van der Waals surface area contributed by atoms with E-state index in [1.165, 1.54) is 37.5 Å². The number of esters is 1. The fourth-order valence-corrected chi connectivity index (χ4v) is 4.58. The molecule has 2 amide bonds. The molecule has 188 valence electrons. The number of ether oxygens (including phenoxy) is 1. The summed E-state index contributed by atoms with van der Waals surface area (Å²) in [4.78, 5) is 50.7. The van der Waals surface area contributed by atoms with Crippen molar-refractivity contribution < 1.29 is 29.0 Å². The van der Waals surface area contributed by atoms with Crippen LogP contribution < -0.4 is 10.2 Å². The smallest absolute Gasteiger partial charge is 0.338 e. The van der Waals surface area contributed by atoms with Gasteiger partial charge in [-0.3, -0.25) is 19.8 Å². The van der Waals surface area contributed by atoms with Crippen LogP contribution in [0.4, 0.5) is 5.69 Å². The summed E-state index contributed by atoms with van der Waals surface area (Å²) >= 11 is 5.23. The summed E-state index contributed by atoms with van der Waals surface area (Å²) in [5.41, 5.74) is 4.39. The minimum absolute atomic E-state index is 0.0536. The van der Waals surface area contributed by atoms with E-state index in [-0.39, 0.29) is 16.2 Å². The molecule has 0 unspecified atom stereocenters. The molecule has 2 N–H and O–H groups in total. The summed E-state index contributed by atoms with van der Waals surface area (Å²) in [6, 6.07) is 12.8. The first-order chi connectivity index (χ1) is 17.5. The van der Waals surface area contributed by atoms with Crippen molar-refractivity contribution in [2.24, 2.45) is 0 Å². The van der Waals surface area contributed by atoms with Crippen LogP contribution in [0.1, 0.15) is 43.2 Å². The molecule has 1 aliphatic heterocycles. The van der Waals surface area contributed by atoms with Crippen LogP contribution in [0.25, 0.3) is 11.8 Å². The Hall–Kier alpha value is -4.57. The zero-order valence-electron chi connectivity index (χ0n) is 20.5. The Morgan fingerprint density at radius 2 is 1.73 bits per heavy atom. The van der Waals surface area contributed by atoms with E-state index in [9.17, 15) is 19.2 Å². The minimum atomic E-state index is -1.10. The van der Waals surface area contributed by atoms with Crippen LogP contribution in [0.5, 0.6) is 0 Å². The SMILES string of the molecule is COC(=O)c1cccc(-n2c(C)cc(/C=C3\C(=O)NC(=S)N(c4ccc(C(=O)O)cc4)C3=O)c2C)c1C. The van der Waals surface area contributed by atoms with Crippen molar-refractivity contribution in [1.29, 1.82) is 0 Å². The van der Waals surface area contributed by atoms with E-state index in [1.54, 1.807) is 12.1 Å². The van der Waals surface area contributed by atoms with Gasteiger partial charge in [-0.15, -0.1) is 0 Å². The number of carbonyl (C=O) groups is 4. The number of rotatable bonds is 5. The van der Waals surface area contributed by atoms with Crippen molar-refractivity contribution in [2.45, 2.75) is 20.8 Å². The molecule has 2 aromatic carbocycles. The maximum absolute atomic E-state index is 13.4. The van der Waals surface area contributed by atoms with E-state index >= 15 is 0 Å². The number of aromatic nitrogens is 1. The van der Waals surface area contributed by atoms with Crippen molar-refractivity contribution in [3.05, 3.63) is 87.7 Å². The normalized spacial score (nSPS) is 14.6. The first-order valence-corrected chi connectivity index (χ1v) is 11.6. The quantitative estimate of drug-likeness (QED) is 0.229. The third-order valence-corrected chi connectivity index (χ3v) is 6.48. The molecular weight excluding hydrogens is 494 g/mol. The van der Waals surface area contributed by atoms with Gasteiger partial charge >= 0.3 is 11.9 Å². The highest BCUT2D eigenvalue weighted by molar-refractivity contribution is 7.80. The molecule has 2 heterocycles. The molecule has 1 fully saturated rings. The van der Waals surface area contributed by atoms with E-state index in [0.29, 0.717) is 16.8 Å². The number of aryl methyl sites for hydroxylation is 1. The maximum Gasteiger partial charge on any atom is 0.338 e. The molecule has 0 atom stereocenters. The zero-order valence-corrected chi connectivity index (χ0v) is 21.3. The van der Waals surface area contributed by atoms with Crippen LogP contribution >= 0.6 is 12.2 Å². The molecule has 1 aliphatic rings. The number of hydrogen-bond donors (Lipinski definition) is 2. The van der Waals surface area contributed by atoms with E-state index in [2.05, 4.69) is 5.32 Å². The summed E-state index contributed by atoms with van der Waals surface area (Å²) in [6.45, 7) is 5.56. The van der Waals surface area contributed by atoms with Gasteiger partial charge in [-0.05, 0) is 92.7 Å². The molecule has 0 aliphatic carbocycles. The number of carboxylic acid groups (broad SMARTS) is 1. The average molecular weight is 518 g/mol. The lowest BCUT2D eigenvalue weighted by molar-refractivity contribution is -0.122. The van der Waals surface area contributed by atoms with Crippen molar-refractivity contribution in [3.63, 3.8) is 0 Å². The number of aromatic carboxylic acids is 1. The lowest BCUT2D eigenvalue weighted by Crippen LogP contribution is -2.54. The molecular formula is C27H23N3O6S. The molecule has 37 heavy (non-hydrogen) atoms. The summed E-state index contributed by atoms with van der Waals surface area (Å²) in [5.74, 6) is -2.82. The predicted octanol–water partition coefficient (Wildman–Crippen LogP) is 3.72. The fraction of sp³-hybridized carbons (Fsp3) is 0.148. The van der Waals surface area contributed by atoms with E-state index < -0.39 is 23.8 Å². The summed E-state index contributed by atoms with van der Waals surface area (Å²) < 4.78 is 6.82. The van der Waals surface area contributed by atoms with Crippen molar-refractivity contribution >= 4 is 52.8 Å². The lowest BCUT2D eigenvalue weighted by Gasteiger charge is -2.29. The average Bonchev–Trinajstić information content (AvgIpc) is 3.14. The number of anilines is 1. The third kappa shape index (κ3) is 4.54. The Morgan fingerprint density at radius 3 is 2.35 bits per heavy atom. The lowest BCUT2D eigenvalue weighted by atomic mass is 10.1. The number of thiocarbonyl (C=S) groups is 1. The second-order valence-corrected chi connectivity index (χ2v) is 8.80. The van der Waals surface area contributed by atoms with E-state index in [4.69, 9.17) is 22.1 Å². The van der Waals surface area contributed by atoms with Gasteiger partial charge in [0.05, 0.1) is 23.9 Å². The van der Waals surface area contributed by atoms with Gasteiger partial charge in [-0.2, -0.15) is 0 Å². The first kappa shape index (κ1) is 25.5. The Balaban J connectivity index is 1.76. The molecule has 0 radical (unpaired) electrons. The standard InChI is InChI=1S/C27H23N3O6S/c1-14-12-18(16(3)29(14)22-7-5-6-20(15(22)2)26(35)36-4)13-21-23(31)28-27(37)30(24(21)32)19-10-8-17(9-11-19)25(33)34/h5-13H,1-4H3,(H,33,34)(H,28,31,37)/b21-13+. The van der Waals surface area contributed by atoms with Crippen LogP contribution in [0.15, 0.2) is 54.1 Å². The van der Waals surface area contributed by atoms with Gasteiger partial charge < -0.3 is 14.4 Å². The number of hydrogen-bond acceptors (Lipinski definition) is 6. The summed E-state index contributed by atoms with van der Waals surface area (Å²) in [6.07, 6.45) is 1.50. The van der Waals surface area contributed by atoms with E-state index in [0.717, 1.165) is 27.5 Å². The highest BCUT2D eigenvalue weighted by Crippen LogP contribution is 2.28. The second kappa shape index (κ2) is 9.82. The summed E-state index contributed by atoms with van der Waals surface area (Å²) in [5, 5.41) is 11.6. The highest BCUT2D eigenvalue weighted by atomic mass is 32.1.